The van der Waals surface area contributed by atoms with Gasteiger partial charge in [0.1, 0.15) is 12.4 Å². The molecule has 0 atom stereocenters. The Morgan fingerprint density at radius 2 is 1.65 bits per heavy atom. The smallest absolute Gasteiger partial charge is 0.329 e. The van der Waals surface area contributed by atoms with E-state index in [1.54, 1.807) is 43.3 Å². The second-order valence-electron chi connectivity index (χ2n) is 7.60. The summed E-state index contributed by atoms with van der Waals surface area (Å²) >= 11 is 0. The number of hydrogen-bond acceptors (Lipinski definition) is 5. The minimum atomic E-state index is -0.890. The maximum atomic E-state index is 13.8. The maximum absolute atomic E-state index is 13.8. The monoisotopic (exact) mass is 463 g/mol. The van der Waals surface area contributed by atoms with Gasteiger partial charge < -0.3 is 14.8 Å². The van der Waals surface area contributed by atoms with E-state index in [1.807, 2.05) is 32.0 Å². The Hall–Kier alpha value is -4.20. The summed E-state index contributed by atoms with van der Waals surface area (Å²) in [6.45, 7) is 5.42. The zero-order valence-corrected chi connectivity index (χ0v) is 19.4. The van der Waals surface area contributed by atoms with Gasteiger partial charge in [0.05, 0.1) is 12.8 Å². The van der Waals surface area contributed by atoms with Gasteiger partial charge in [-0.1, -0.05) is 36.4 Å². The molecule has 0 fully saturated rings. The topological polar surface area (TPSA) is 89.0 Å². The third-order valence-corrected chi connectivity index (χ3v) is 5.17. The molecule has 0 aliphatic heterocycles. The van der Waals surface area contributed by atoms with Crippen LogP contribution in [0.1, 0.15) is 29.2 Å². The van der Waals surface area contributed by atoms with E-state index in [0.717, 1.165) is 11.1 Å². The molecule has 3 aromatic rings. The molecule has 0 radical (unpaired) electrons. The summed E-state index contributed by atoms with van der Waals surface area (Å²) in [5.74, 6) is -1.21. The summed E-state index contributed by atoms with van der Waals surface area (Å²) in [5, 5.41) is 6.64. The third-order valence-electron chi connectivity index (χ3n) is 5.17. The summed E-state index contributed by atoms with van der Waals surface area (Å²) in [6.07, 6.45) is 0. The number of halogens is 1. The van der Waals surface area contributed by atoms with E-state index < -0.39 is 11.8 Å². The van der Waals surface area contributed by atoms with Crippen molar-refractivity contribution >= 4 is 23.2 Å². The number of carbonyl (C=O) groups is 2. The highest BCUT2D eigenvalue weighted by atomic mass is 19.1. The van der Waals surface area contributed by atoms with Gasteiger partial charge in [0.15, 0.2) is 11.5 Å². The average Bonchev–Trinajstić information content (AvgIpc) is 2.83. The number of benzene rings is 3. The lowest BCUT2D eigenvalue weighted by Crippen LogP contribution is -2.33. The van der Waals surface area contributed by atoms with Crippen molar-refractivity contribution in [1.29, 1.82) is 0 Å². The van der Waals surface area contributed by atoms with Crippen LogP contribution in [0.2, 0.25) is 0 Å². The van der Waals surface area contributed by atoms with Crippen LogP contribution in [0, 0.1) is 19.7 Å². The molecule has 0 unspecified atom stereocenters. The second kappa shape index (κ2) is 11.1. The van der Waals surface area contributed by atoms with Crippen molar-refractivity contribution in [3.63, 3.8) is 0 Å². The number of para-hydroxylation sites is 1. The van der Waals surface area contributed by atoms with E-state index in [2.05, 4.69) is 15.8 Å². The molecule has 0 saturated heterocycles. The quantitative estimate of drug-likeness (QED) is 0.307. The van der Waals surface area contributed by atoms with Crippen molar-refractivity contribution in [2.24, 2.45) is 5.10 Å². The minimum Gasteiger partial charge on any atom is -0.493 e. The molecule has 2 N–H and O–H groups in total. The van der Waals surface area contributed by atoms with Crippen LogP contribution >= 0.6 is 0 Å². The van der Waals surface area contributed by atoms with Crippen LogP contribution < -0.4 is 20.2 Å². The van der Waals surface area contributed by atoms with Crippen molar-refractivity contribution in [1.82, 2.24) is 5.43 Å². The molecule has 3 rings (SSSR count). The summed E-state index contributed by atoms with van der Waals surface area (Å²) in [7, 11) is 1.49. The lowest BCUT2D eigenvalue weighted by molar-refractivity contribution is -0.136. The normalized spacial score (nSPS) is 11.0. The molecule has 7 nitrogen and oxygen atoms in total. The number of amides is 2. The number of carbonyl (C=O) groups excluding carboxylic acids is 2. The van der Waals surface area contributed by atoms with E-state index >= 15 is 0 Å². The van der Waals surface area contributed by atoms with Crippen molar-refractivity contribution in [3.8, 4) is 11.5 Å². The highest BCUT2D eigenvalue weighted by Gasteiger charge is 2.16. The molecular formula is C26H26FN3O4. The molecule has 176 valence electrons. The highest BCUT2D eigenvalue weighted by Crippen LogP contribution is 2.29. The number of nitrogens with zero attached hydrogens (tertiary/aromatic N) is 1. The number of rotatable bonds is 7. The number of aryl methyl sites for hydroxylation is 2. The summed E-state index contributed by atoms with van der Waals surface area (Å²) in [5.41, 5.74) is 6.09. The van der Waals surface area contributed by atoms with Gasteiger partial charge >= 0.3 is 11.8 Å². The van der Waals surface area contributed by atoms with Crippen molar-refractivity contribution in [3.05, 3.63) is 88.7 Å². The lowest BCUT2D eigenvalue weighted by Gasteiger charge is -2.13. The van der Waals surface area contributed by atoms with Gasteiger partial charge in [-0.05, 0) is 56.2 Å². The first-order valence-corrected chi connectivity index (χ1v) is 10.6. The number of hydrazone groups is 1. The zero-order valence-electron chi connectivity index (χ0n) is 19.4. The molecule has 0 aliphatic carbocycles. The van der Waals surface area contributed by atoms with Crippen LogP contribution in [0.5, 0.6) is 11.5 Å². The van der Waals surface area contributed by atoms with E-state index in [-0.39, 0.29) is 12.4 Å². The van der Waals surface area contributed by atoms with Gasteiger partial charge in [0, 0.05) is 16.8 Å². The van der Waals surface area contributed by atoms with Crippen molar-refractivity contribution < 1.29 is 23.5 Å². The van der Waals surface area contributed by atoms with Gasteiger partial charge in [-0.3, -0.25) is 9.59 Å². The Kier molecular flexibility index (Phi) is 7.97. The minimum absolute atomic E-state index is 0.0426. The molecule has 34 heavy (non-hydrogen) atoms. The molecular weight excluding hydrogens is 437 g/mol. The standard InChI is InChI=1S/C26H26FN3O4/c1-16-8-7-9-17(2)24(16)28-25(31)26(32)30-29-18(3)19-12-13-22(23(14-19)33-4)34-15-20-10-5-6-11-21(20)27/h5-14H,15H2,1-4H3,(H,28,31)(H,30,32). The van der Waals surface area contributed by atoms with Crippen LogP contribution in [-0.2, 0) is 16.2 Å². The number of ether oxygens (including phenoxy) is 2. The van der Waals surface area contributed by atoms with Crippen LogP contribution in [-0.4, -0.2) is 24.6 Å². The summed E-state index contributed by atoms with van der Waals surface area (Å²) in [4.78, 5) is 24.5. The van der Waals surface area contributed by atoms with Gasteiger partial charge in [0.25, 0.3) is 0 Å². The number of hydrogen-bond donors (Lipinski definition) is 2. The fraction of sp³-hybridized carbons (Fsp3) is 0.192. The molecule has 0 bridgehead atoms. The Bertz CT molecular complexity index is 1220. The molecule has 0 saturated carbocycles. The number of anilines is 1. The predicted molar refractivity (Wildman–Crippen MR) is 129 cm³/mol. The van der Waals surface area contributed by atoms with Crippen LogP contribution in [0.3, 0.4) is 0 Å². The molecule has 0 spiro atoms. The van der Waals surface area contributed by atoms with E-state index in [9.17, 15) is 14.0 Å². The van der Waals surface area contributed by atoms with Gasteiger partial charge in [-0.2, -0.15) is 5.10 Å². The first kappa shape index (κ1) is 24.4. The highest BCUT2D eigenvalue weighted by molar-refractivity contribution is 6.39. The van der Waals surface area contributed by atoms with Gasteiger partial charge in [-0.25, -0.2) is 9.82 Å². The Morgan fingerprint density at radius 1 is 0.941 bits per heavy atom. The molecule has 0 aromatic heterocycles. The largest absolute Gasteiger partial charge is 0.493 e. The SMILES string of the molecule is COc1cc(C(C)=NNC(=O)C(=O)Nc2c(C)cccc2C)ccc1OCc1ccccc1F. The fourth-order valence-electron chi connectivity index (χ4n) is 3.21. The zero-order chi connectivity index (χ0) is 24.7. The van der Waals surface area contributed by atoms with E-state index in [4.69, 9.17) is 9.47 Å². The fourth-order valence-corrected chi connectivity index (χ4v) is 3.21. The third kappa shape index (κ3) is 5.98. The Morgan fingerprint density at radius 3 is 2.32 bits per heavy atom. The average molecular weight is 464 g/mol. The van der Waals surface area contributed by atoms with Gasteiger partial charge in [-0.15, -0.1) is 0 Å². The molecule has 0 aliphatic rings. The van der Waals surface area contributed by atoms with Crippen LogP contribution in [0.25, 0.3) is 0 Å². The maximum Gasteiger partial charge on any atom is 0.329 e. The van der Waals surface area contributed by atoms with Crippen molar-refractivity contribution in [2.45, 2.75) is 27.4 Å². The molecule has 3 aromatic carbocycles. The number of nitrogens with one attached hydrogen (secondary N) is 2. The van der Waals surface area contributed by atoms with E-state index in [0.29, 0.717) is 34.0 Å². The summed E-state index contributed by atoms with van der Waals surface area (Å²) < 4.78 is 24.9. The second-order valence-corrected chi connectivity index (χ2v) is 7.60. The van der Waals surface area contributed by atoms with E-state index in [1.165, 1.54) is 13.2 Å². The Labute approximate surface area is 197 Å². The molecule has 8 heteroatoms. The van der Waals surface area contributed by atoms with Crippen LogP contribution in [0.15, 0.2) is 65.8 Å². The summed E-state index contributed by atoms with van der Waals surface area (Å²) in [6, 6.07) is 17.0. The predicted octanol–water partition coefficient (Wildman–Crippen LogP) is 4.51. The van der Waals surface area contributed by atoms with Crippen LogP contribution in [0.4, 0.5) is 10.1 Å². The first-order chi connectivity index (χ1) is 16.3. The molecule has 2 amide bonds. The lowest BCUT2D eigenvalue weighted by atomic mass is 10.1. The first-order valence-electron chi connectivity index (χ1n) is 10.6. The molecule has 0 heterocycles. The van der Waals surface area contributed by atoms with Gasteiger partial charge in [0.2, 0.25) is 0 Å². The number of methoxy groups -OCH3 is 1. The Balaban J connectivity index is 1.65. The van der Waals surface area contributed by atoms with Crippen molar-refractivity contribution in [2.75, 3.05) is 12.4 Å².